The molecule has 0 atom stereocenters. The van der Waals surface area contributed by atoms with Crippen molar-refractivity contribution in [2.45, 2.75) is 26.4 Å². The number of ether oxygens (including phenoxy) is 2. The Bertz CT molecular complexity index is 984. The molecule has 0 N–H and O–H groups in total. The molecule has 0 aliphatic carbocycles. The molecule has 5 heteroatoms. The van der Waals surface area contributed by atoms with Crippen molar-refractivity contribution < 1.29 is 14.3 Å². The van der Waals surface area contributed by atoms with Crippen molar-refractivity contribution in [3.63, 3.8) is 0 Å². The first kappa shape index (κ1) is 17.3. The van der Waals surface area contributed by atoms with Crippen LogP contribution in [0, 0.1) is 0 Å². The number of nitrogens with zero attached hydrogens (tertiary/aromatic N) is 2. The van der Waals surface area contributed by atoms with Gasteiger partial charge in [-0.05, 0) is 43.7 Å². The van der Waals surface area contributed by atoms with Crippen LogP contribution in [0.4, 0.5) is 0 Å². The van der Waals surface area contributed by atoms with E-state index in [1.807, 2.05) is 67.3 Å². The van der Waals surface area contributed by atoms with Gasteiger partial charge in [-0.1, -0.05) is 24.3 Å². The number of fused-ring (bicyclic) bond motifs is 2. The molecule has 0 saturated heterocycles. The van der Waals surface area contributed by atoms with E-state index < -0.39 is 0 Å². The summed E-state index contributed by atoms with van der Waals surface area (Å²) in [5, 5.41) is 0.964. The molecule has 1 aromatic heterocycles. The molecule has 0 fully saturated rings. The summed E-state index contributed by atoms with van der Waals surface area (Å²) in [4.78, 5) is 19.4. The van der Waals surface area contributed by atoms with Crippen molar-refractivity contribution in [1.29, 1.82) is 0 Å². The van der Waals surface area contributed by atoms with Gasteiger partial charge in [0.15, 0.2) is 11.5 Å². The van der Waals surface area contributed by atoms with E-state index in [0.717, 1.165) is 28.0 Å². The molecule has 27 heavy (non-hydrogen) atoms. The molecular formula is C22H22N2O3. The second-order valence-electron chi connectivity index (χ2n) is 6.92. The first-order valence-electron chi connectivity index (χ1n) is 9.16. The molecule has 2 heterocycles. The van der Waals surface area contributed by atoms with Crippen molar-refractivity contribution in [2.75, 3.05) is 13.2 Å². The number of para-hydroxylation sites is 1. The van der Waals surface area contributed by atoms with Gasteiger partial charge in [-0.15, -0.1) is 0 Å². The lowest BCUT2D eigenvalue weighted by molar-refractivity contribution is 0.0689. The van der Waals surface area contributed by atoms with E-state index in [4.69, 9.17) is 9.47 Å². The Balaban J connectivity index is 1.60. The average molecular weight is 362 g/mol. The number of benzene rings is 2. The van der Waals surface area contributed by atoms with Crippen LogP contribution < -0.4 is 9.47 Å². The van der Waals surface area contributed by atoms with Crippen molar-refractivity contribution in [1.82, 2.24) is 9.88 Å². The zero-order valence-electron chi connectivity index (χ0n) is 15.5. The number of rotatable bonds is 4. The standard InChI is InChI=1S/C22H22N2O3/c1-15(2)24(14-16-7-8-20-21(11-16)27-10-9-26-20)22(25)18-12-17-5-3-4-6-19(17)23-13-18/h3-8,11-13,15H,9-10,14H2,1-2H3. The third-order valence-electron chi connectivity index (χ3n) is 4.68. The van der Waals surface area contributed by atoms with Crippen molar-refractivity contribution >= 4 is 16.8 Å². The highest BCUT2D eigenvalue weighted by Crippen LogP contribution is 2.31. The minimum absolute atomic E-state index is 0.0295. The van der Waals surface area contributed by atoms with Crippen LogP contribution in [0.1, 0.15) is 29.8 Å². The molecule has 3 aromatic rings. The molecule has 1 aliphatic rings. The lowest BCUT2D eigenvalue weighted by atomic mass is 10.1. The summed E-state index contributed by atoms with van der Waals surface area (Å²) in [6, 6.07) is 15.6. The van der Waals surface area contributed by atoms with E-state index in [9.17, 15) is 4.79 Å². The molecule has 138 valence electrons. The maximum Gasteiger partial charge on any atom is 0.255 e. The van der Waals surface area contributed by atoms with Gasteiger partial charge in [0.2, 0.25) is 0 Å². The Morgan fingerprint density at radius 1 is 1.07 bits per heavy atom. The molecule has 0 bridgehead atoms. The Morgan fingerprint density at radius 3 is 2.67 bits per heavy atom. The van der Waals surface area contributed by atoms with Crippen LogP contribution in [0.2, 0.25) is 0 Å². The zero-order valence-corrected chi connectivity index (χ0v) is 15.5. The van der Waals surface area contributed by atoms with Crippen LogP contribution in [-0.2, 0) is 6.54 Å². The molecule has 0 spiro atoms. The highest BCUT2D eigenvalue weighted by atomic mass is 16.6. The average Bonchev–Trinajstić information content (AvgIpc) is 2.70. The molecule has 0 unspecified atom stereocenters. The SMILES string of the molecule is CC(C)N(Cc1ccc2c(c1)OCCO2)C(=O)c1cnc2ccccc2c1. The van der Waals surface area contributed by atoms with Gasteiger partial charge in [-0.25, -0.2) is 0 Å². The third kappa shape index (κ3) is 3.58. The fraction of sp³-hybridized carbons (Fsp3) is 0.273. The van der Waals surface area contributed by atoms with Crippen molar-refractivity contribution in [3.8, 4) is 11.5 Å². The molecule has 2 aromatic carbocycles. The highest BCUT2D eigenvalue weighted by molar-refractivity contribution is 5.97. The molecule has 1 amide bonds. The van der Waals surface area contributed by atoms with Crippen LogP contribution in [0.5, 0.6) is 11.5 Å². The van der Waals surface area contributed by atoms with Crippen LogP contribution in [0.15, 0.2) is 54.7 Å². The third-order valence-corrected chi connectivity index (χ3v) is 4.68. The van der Waals surface area contributed by atoms with Crippen LogP contribution >= 0.6 is 0 Å². The number of carbonyl (C=O) groups excluding carboxylic acids is 1. The fourth-order valence-electron chi connectivity index (χ4n) is 3.23. The van der Waals surface area contributed by atoms with Gasteiger partial charge < -0.3 is 14.4 Å². The van der Waals surface area contributed by atoms with Gasteiger partial charge in [0.25, 0.3) is 5.91 Å². The molecule has 5 nitrogen and oxygen atoms in total. The Morgan fingerprint density at radius 2 is 1.85 bits per heavy atom. The van der Waals surface area contributed by atoms with E-state index in [1.54, 1.807) is 6.20 Å². The molecule has 4 rings (SSSR count). The number of pyridine rings is 1. The number of hydrogen-bond donors (Lipinski definition) is 0. The number of carbonyl (C=O) groups is 1. The number of amides is 1. The van der Waals surface area contributed by atoms with E-state index in [2.05, 4.69) is 4.98 Å². The van der Waals surface area contributed by atoms with E-state index >= 15 is 0 Å². The highest BCUT2D eigenvalue weighted by Gasteiger charge is 2.21. The smallest absolute Gasteiger partial charge is 0.255 e. The van der Waals surface area contributed by atoms with Gasteiger partial charge in [0.05, 0.1) is 11.1 Å². The molecular weight excluding hydrogens is 340 g/mol. The first-order chi connectivity index (χ1) is 13.1. The maximum absolute atomic E-state index is 13.2. The first-order valence-corrected chi connectivity index (χ1v) is 9.16. The van der Waals surface area contributed by atoms with Crippen molar-refractivity contribution in [2.24, 2.45) is 0 Å². The maximum atomic E-state index is 13.2. The van der Waals surface area contributed by atoms with E-state index in [0.29, 0.717) is 25.3 Å². The topological polar surface area (TPSA) is 51.7 Å². The predicted octanol–water partition coefficient (Wildman–Crippen LogP) is 4.06. The second kappa shape index (κ2) is 7.27. The summed E-state index contributed by atoms with van der Waals surface area (Å²) >= 11 is 0. The van der Waals surface area contributed by atoms with Crippen molar-refractivity contribution in [3.05, 3.63) is 65.9 Å². The number of aromatic nitrogens is 1. The lowest BCUT2D eigenvalue weighted by Crippen LogP contribution is -2.36. The summed E-state index contributed by atoms with van der Waals surface area (Å²) in [6.07, 6.45) is 1.66. The van der Waals surface area contributed by atoms with Crippen LogP contribution in [0.25, 0.3) is 10.9 Å². The normalized spacial score (nSPS) is 13.0. The zero-order chi connectivity index (χ0) is 18.8. The minimum Gasteiger partial charge on any atom is -0.486 e. The van der Waals surface area contributed by atoms with Gasteiger partial charge in [-0.3, -0.25) is 9.78 Å². The number of hydrogen-bond acceptors (Lipinski definition) is 4. The van der Waals surface area contributed by atoms with Crippen LogP contribution in [0.3, 0.4) is 0 Å². The fourth-order valence-corrected chi connectivity index (χ4v) is 3.23. The Hall–Kier alpha value is -3.08. The molecule has 1 aliphatic heterocycles. The Labute approximate surface area is 158 Å². The quantitative estimate of drug-likeness (QED) is 0.702. The summed E-state index contributed by atoms with van der Waals surface area (Å²) in [7, 11) is 0. The summed E-state index contributed by atoms with van der Waals surface area (Å²) < 4.78 is 11.2. The van der Waals surface area contributed by atoms with Gasteiger partial charge >= 0.3 is 0 Å². The Kier molecular flexibility index (Phi) is 4.67. The van der Waals surface area contributed by atoms with Gasteiger partial charge in [0.1, 0.15) is 13.2 Å². The lowest BCUT2D eigenvalue weighted by Gasteiger charge is -2.28. The predicted molar refractivity (Wildman–Crippen MR) is 104 cm³/mol. The van der Waals surface area contributed by atoms with E-state index in [-0.39, 0.29) is 11.9 Å². The van der Waals surface area contributed by atoms with Gasteiger partial charge in [-0.2, -0.15) is 0 Å². The summed E-state index contributed by atoms with van der Waals surface area (Å²) in [5.41, 5.74) is 2.49. The summed E-state index contributed by atoms with van der Waals surface area (Å²) in [5.74, 6) is 1.46. The summed E-state index contributed by atoms with van der Waals surface area (Å²) in [6.45, 7) is 5.65. The van der Waals surface area contributed by atoms with Gasteiger partial charge in [0, 0.05) is 24.2 Å². The largest absolute Gasteiger partial charge is 0.486 e. The van der Waals surface area contributed by atoms with Crippen LogP contribution in [-0.4, -0.2) is 35.0 Å². The molecule has 0 radical (unpaired) electrons. The molecule has 0 saturated carbocycles. The minimum atomic E-state index is -0.0295. The van der Waals surface area contributed by atoms with E-state index in [1.165, 1.54) is 0 Å². The second-order valence-corrected chi connectivity index (χ2v) is 6.92. The monoisotopic (exact) mass is 362 g/mol.